The molecule has 38 heavy (non-hydrogen) atoms. The predicted molar refractivity (Wildman–Crippen MR) is 154 cm³/mol. The summed E-state index contributed by atoms with van der Waals surface area (Å²) >= 11 is 3.26. The first-order valence-corrected chi connectivity index (χ1v) is 14.8. The van der Waals surface area contributed by atoms with Gasteiger partial charge in [0.2, 0.25) is 16.2 Å². The average Bonchev–Trinajstić information content (AvgIpc) is 3.56. The van der Waals surface area contributed by atoms with E-state index in [0.29, 0.717) is 16.9 Å². The molecule has 0 radical (unpaired) electrons. The minimum Gasteiger partial charge on any atom is -0.355 e. The maximum absolute atomic E-state index is 12.6. The number of piperazine rings is 1. The number of thioether (sulfide) groups is 1. The molecule has 10 nitrogen and oxygen atoms in total. The maximum atomic E-state index is 12.6. The second-order valence-corrected chi connectivity index (χ2v) is 12.6. The fourth-order valence-electron chi connectivity index (χ4n) is 4.73. The zero-order valence-corrected chi connectivity index (χ0v) is 23.5. The highest BCUT2D eigenvalue weighted by molar-refractivity contribution is 7.99. The van der Waals surface area contributed by atoms with Gasteiger partial charge >= 0.3 is 0 Å². The maximum Gasteiger partial charge on any atom is 0.240 e. The van der Waals surface area contributed by atoms with Gasteiger partial charge in [0.05, 0.1) is 6.54 Å². The predicted octanol–water partition coefficient (Wildman–Crippen LogP) is 3.28. The molecule has 202 valence electrons. The zero-order valence-electron chi connectivity index (χ0n) is 21.9. The van der Waals surface area contributed by atoms with Crippen molar-refractivity contribution in [2.75, 3.05) is 61.3 Å². The fourth-order valence-corrected chi connectivity index (χ4v) is 6.30. The van der Waals surface area contributed by atoms with Crippen LogP contribution in [0, 0.1) is 0 Å². The topological polar surface area (TPSA) is 102 Å². The molecule has 4 heterocycles. The number of hydrogen-bond donors (Lipinski definition) is 2. The molecule has 2 aromatic heterocycles. The second-order valence-electron chi connectivity index (χ2n) is 9.98. The molecule has 3 aromatic rings. The van der Waals surface area contributed by atoms with E-state index in [1.165, 1.54) is 21.8 Å². The lowest BCUT2D eigenvalue weighted by Gasteiger charge is -2.34. The van der Waals surface area contributed by atoms with E-state index in [1.807, 2.05) is 23.9 Å². The minimum atomic E-state index is -0.0471. The number of hydrogen-bond acceptors (Lipinski definition) is 11. The summed E-state index contributed by atoms with van der Waals surface area (Å²) in [4.78, 5) is 20.8. The van der Waals surface area contributed by atoms with Gasteiger partial charge < -0.3 is 10.2 Å². The Morgan fingerprint density at radius 1 is 1.03 bits per heavy atom. The summed E-state index contributed by atoms with van der Waals surface area (Å²) in [5, 5.41) is 24.7. The monoisotopic (exact) mass is 553 g/mol. The number of nitrogens with one attached hydrogen (secondary N) is 2. The molecule has 5 rings (SSSR count). The van der Waals surface area contributed by atoms with Crippen molar-refractivity contribution >= 4 is 45.1 Å². The Balaban J connectivity index is 1.01. The van der Waals surface area contributed by atoms with Crippen LogP contribution in [0.1, 0.15) is 25.8 Å². The Hall–Kier alpha value is -2.80. The lowest BCUT2D eigenvalue weighted by Crippen LogP contribution is -2.48. The molecule has 2 aliphatic rings. The van der Waals surface area contributed by atoms with Crippen molar-refractivity contribution in [3.63, 3.8) is 0 Å². The summed E-state index contributed by atoms with van der Waals surface area (Å²) in [7, 11) is 0. The summed E-state index contributed by atoms with van der Waals surface area (Å²) in [6.07, 6.45) is 2.66. The largest absolute Gasteiger partial charge is 0.355 e. The van der Waals surface area contributed by atoms with Gasteiger partial charge in [-0.2, -0.15) is 5.10 Å². The van der Waals surface area contributed by atoms with E-state index in [9.17, 15) is 4.79 Å². The van der Waals surface area contributed by atoms with E-state index in [0.717, 1.165) is 63.2 Å². The van der Waals surface area contributed by atoms with Gasteiger partial charge in [-0.25, -0.2) is 0 Å². The molecule has 2 saturated heterocycles. The summed E-state index contributed by atoms with van der Waals surface area (Å²) < 4.78 is 0. The van der Waals surface area contributed by atoms with Crippen LogP contribution in [0.2, 0.25) is 0 Å². The van der Waals surface area contributed by atoms with Crippen molar-refractivity contribution in [3.8, 4) is 0 Å². The Bertz CT molecular complexity index is 1170. The molecule has 1 amide bonds. The molecule has 1 aromatic carbocycles. The molecule has 0 unspecified atom stereocenters. The number of carbonyl (C=O) groups excluding carboxylic acids is 1. The summed E-state index contributed by atoms with van der Waals surface area (Å²) in [6, 6.07) is 13.0. The zero-order chi connectivity index (χ0) is 26.3. The van der Waals surface area contributed by atoms with Crippen LogP contribution >= 0.6 is 23.1 Å². The van der Waals surface area contributed by atoms with Gasteiger partial charge in [0.25, 0.3) is 0 Å². The van der Waals surface area contributed by atoms with E-state index in [2.05, 4.69) is 83.8 Å². The molecule has 12 heteroatoms. The van der Waals surface area contributed by atoms with Crippen molar-refractivity contribution in [2.24, 2.45) is 0 Å². The van der Waals surface area contributed by atoms with Crippen LogP contribution in [0.25, 0.3) is 0 Å². The third-order valence-electron chi connectivity index (χ3n) is 6.60. The quantitative estimate of drug-likeness (QED) is 0.364. The van der Waals surface area contributed by atoms with E-state index in [4.69, 9.17) is 0 Å². The Labute approximate surface area is 232 Å². The van der Waals surface area contributed by atoms with Crippen molar-refractivity contribution in [2.45, 2.75) is 43.0 Å². The molecular formula is C26H35N9OS2. The first kappa shape index (κ1) is 26.8. The molecule has 2 N–H and O–H groups in total. The van der Waals surface area contributed by atoms with Crippen LogP contribution in [0.3, 0.4) is 0 Å². The molecular weight excluding hydrogens is 518 g/mol. The number of rotatable bonds is 10. The van der Waals surface area contributed by atoms with Gasteiger partial charge in [-0.05, 0) is 36.2 Å². The van der Waals surface area contributed by atoms with Crippen LogP contribution in [0.4, 0.5) is 16.1 Å². The normalized spacial score (nSPS) is 18.7. The Kier molecular flexibility index (Phi) is 9.05. The molecule has 0 spiro atoms. The van der Waals surface area contributed by atoms with Crippen LogP contribution in [-0.4, -0.2) is 93.2 Å². The van der Waals surface area contributed by atoms with E-state index >= 15 is 0 Å². The van der Waals surface area contributed by atoms with Gasteiger partial charge in [-0.15, -0.1) is 27.1 Å². The summed E-state index contributed by atoms with van der Waals surface area (Å²) in [5.41, 5.74) is 1.34. The smallest absolute Gasteiger partial charge is 0.240 e. The summed E-state index contributed by atoms with van der Waals surface area (Å²) in [6.45, 7) is 11.2. The van der Waals surface area contributed by atoms with Gasteiger partial charge in [0, 0.05) is 68.2 Å². The standard InChI is InChI=1S/C26H35N9OS2/c1-19(2)37-22-7-5-20(6-8-22)16-33-12-14-34(15-13-33)18-24(36)29-26-32-31-25(38-26)28-21-9-11-35(17-21)23-4-3-10-27-30-23/h3-8,10,19,21H,9,11-18H2,1-2H3,(H,28,31)(H,29,32,36)/t21-/m1/s1. The molecule has 0 bridgehead atoms. The van der Waals surface area contributed by atoms with E-state index < -0.39 is 0 Å². The molecule has 1 atom stereocenters. The van der Waals surface area contributed by atoms with E-state index in [-0.39, 0.29) is 11.9 Å². The van der Waals surface area contributed by atoms with Crippen LogP contribution in [0.5, 0.6) is 0 Å². The third-order valence-corrected chi connectivity index (χ3v) is 8.39. The average molecular weight is 554 g/mol. The molecule has 0 aliphatic carbocycles. The van der Waals surface area contributed by atoms with Crippen molar-refractivity contribution < 1.29 is 4.79 Å². The van der Waals surface area contributed by atoms with Gasteiger partial charge in [0.15, 0.2) is 5.82 Å². The lowest BCUT2D eigenvalue weighted by atomic mass is 10.2. The van der Waals surface area contributed by atoms with Crippen LogP contribution in [0.15, 0.2) is 47.5 Å². The number of benzene rings is 1. The highest BCUT2D eigenvalue weighted by Crippen LogP contribution is 2.25. The highest BCUT2D eigenvalue weighted by atomic mass is 32.2. The molecule has 0 saturated carbocycles. The SMILES string of the molecule is CC(C)Sc1ccc(CN2CCN(CC(=O)Nc3nnc(N[C@@H]4CCN(c5cccnn5)C4)s3)CC2)cc1. The number of anilines is 3. The molecule has 2 aliphatic heterocycles. The number of carbonyl (C=O) groups is 1. The number of aromatic nitrogens is 4. The Morgan fingerprint density at radius 3 is 2.53 bits per heavy atom. The minimum absolute atomic E-state index is 0.0471. The lowest BCUT2D eigenvalue weighted by molar-refractivity contribution is -0.117. The van der Waals surface area contributed by atoms with Gasteiger partial charge in [0.1, 0.15) is 0 Å². The van der Waals surface area contributed by atoms with Gasteiger partial charge in [-0.1, -0.05) is 37.3 Å². The van der Waals surface area contributed by atoms with Crippen molar-refractivity contribution in [1.82, 2.24) is 30.2 Å². The molecule has 2 fully saturated rings. The first-order chi connectivity index (χ1) is 18.5. The van der Waals surface area contributed by atoms with Crippen LogP contribution in [-0.2, 0) is 11.3 Å². The third kappa shape index (κ3) is 7.62. The highest BCUT2D eigenvalue weighted by Gasteiger charge is 2.25. The summed E-state index contributed by atoms with van der Waals surface area (Å²) in [5.74, 6) is 0.840. The fraction of sp³-hybridized carbons (Fsp3) is 0.500. The first-order valence-electron chi connectivity index (χ1n) is 13.1. The van der Waals surface area contributed by atoms with Crippen LogP contribution < -0.4 is 15.5 Å². The second kappa shape index (κ2) is 12.8. The van der Waals surface area contributed by atoms with E-state index in [1.54, 1.807) is 6.20 Å². The van der Waals surface area contributed by atoms with Crippen molar-refractivity contribution in [3.05, 3.63) is 48.2 Å². The Morgan fingerprint density at radius 2 is 1.79 bits per heavy atom. The van der Waals surface area contributed by atoms with Gasteiger partial charge in [-0.3, -0.25) is 19.9 Å². The number of nitrogens with zero attached hydrogens (tertiary/aromatic N) is 7. The van der Waals surface area contributed by atoms with Crippen molar-refractivity contribution in [1.29, 1.82) is 0 Å². The number of amides is 1.